The molecule has 3 heteroatoms. The molecule has 0 unspecified atom stereocenters. The van der Waals surface area contributed by atoms with Gasteiger partial charge in [-0.1, -0.05) is 37.6 Å². The van der Waals surface area contributed by atoms with E-state index < -0.39 is 6.10 Å². The largest absolute Gasteiger partial charge is 0.391 e. The Labute approximate surface area is 117 Å². The molecule has 0 heterocycles. The van der Waals surface area contributed by atoms with E-state index in [9.17, 15) is 5.11 Å². The molecule has 2 nitrogen and oxygen atoms in total. The van der Waals surface area contributed by atoms with E-state index in [1.165, 1.54) is 11.1 Å². The Balaban J connectivity index is 0.00000289. The van der Waals surface area contributed by atoms with Gasteiger partial charge in [-0.05, 0) is 43.7 Å². The normalized spacial score (nSPS) is 14.2. The van der Waals surface area contributed by atoms with Crippen LogP contribution in [0.15, 0.2) is 18.2 Å². The van der Waals surface area contributed by atoms with Gasteiger partial charge < -0.3 is 10.8 Å². The van der Waals surface area contributed by atoms with Crippen molar-refractivity contribution in [2.75, 3.05) is 0 Å². The first kappa shape index (κ1) is 17.4. The third kappa shape index (κ3) is 4.97. The van der Waals surface area contributed by atoms with Gasteiger partial charge in [-0.25, -0.2) is 0 Å². The van der Waals surface area contributed by atoms with E-state index in [2.05, 4.69) is 39.8 Å². The summed E-state index contributed by atoms with van der Waals surface area (Å²) in [6.07, 6.45) is 1.34. The van der Waals surface area contributed by atoms with E-state index in [-0.39, 0.29) is 18.4 Å². The SMILES string of the molecule is Cc1ccc([C@H](N)[C@H](O)CCC(C)C)c(C)c1.Cl. The average Bonchev–Trinajstić information content (AvgIpc) is 2.25. The Kier molecular flexibility index (Phi) is 7.53. The van der Waals surface area contributed by atoms with Gasteiger partial charge in [-0.3, -0.25) is 0 Å². The highest BCUT2D eigenvalue weighted by molar-refractivity contribution is 5.85. The lowest BCUT2D eigenvalue weighted by molar-refractivity contribution is 0.128. The minimum absolute atomic E-state index is 0. The van der Waals surface area contributed by atoms with Gasteiger partial charge in [0, 0.05) is 0 Å². The number of aliphatic hydroxyl groups is 1. The van der Waals surface area contributed by atoms with Crippen LogP contribution in [0, 0.1) is 19.8 Å². The summed E-state index contributed by atoms with van der Waals surface area (Å²) in [6, 6.07) is 5.93. The van der Waals surface area contributed by atoms with Crippen molar-refractivity contribution in [3.63, 3.8) is 0 Å². The van der Waals surface area contributed by atoms with Crippen LogP contribution in [0.3, 0.4) is 0 Å². The smallest absolute Gasteiger partial charge is 0.0733 e. The monoisotopic (exact) mass is 271 g/mol. The highest BCUT2D eigenvalue weighted by atomic mass is 35.5. The Bertz CT molecular complexity index is 366. The average molecular weight is 272 g/mol. The molecule has 0 aliphatic carbocycles. The van der Waals surface area contributed by atoms with Crippen LogP contribution in [0.25, 0.3) is 0 Å². The fraction of sp³-hybridized carbons (Fsp3) is 0.600. The number of aliphatic hydroxyl groups excluding tert-OH is 1. The zero-order chi connectivity index (χ0) is 13.0. The Morgan fingerprint density at radius 2 is 1.78 bits per heavy atom. The fourth-order valence-electron chi connectivity index (χ4n) is 2.09. The molecule has 0 bridgehead atoms. The first-order valence-electron chi connectivity index (χ1n) is 6.42. The summed E-state index contributed by atoms with van der Waals surface area (Å²) in [7, 11) is 0. The molecule has 1 aromatic carbocycles. The molecule has 0 fully saturated rings. The van der Waals surface area contributed by atoms with Gasteiger partial charge in [0.2, 0.25) is 0 Å². The number of nitrogens with two attached hydrogens (primary N) is 1. The predicted molar refractivity (Wildman–Crippen MR) is 80.2 cm³/mol. The molecule has 0 aliphatic rings. The van der Waals surface area contributed by atoms with Crippen LogP contribution in [0.5, 0.6) is 0 Å². The summed E-state index contributed by atoms with van der Waals surface area (Å²) >= 11 is 0. The van der Waals surface area contributed by atoms with Crippen LogP contribution < -0.4 is 5.73 Å². The number of benzene rings is 1. The molecule has 0 spiro atoms. The molecule has 0 aromatic heterocycles. The van der Waals surface area contributed by atoms with Crippen LogP contribution in [-0.4, -0.2) is 11.2 Å². The number of rotatable bonds is 5. The van der Waals surface area contributed by atoms with Crippen molar-refractivity contribution in [3.05, 3.63) is 34.9 Å². The number of hydrogen-bond acceptors (Lipinski definition) is 2. The van der Waals surface area contributed by atoms with Gasteiger partial charge in [0.1, 0.15) is 0 Å². The molecule has 3 N–H and O–H groups in total. The molecule has 0 aliphatic heterocycles. The van der Waals surface area contributed by atoms with Gasteiger partial charge in [0.25, 0.3) is 0 Å². The maximum atomic E-state index is 10.1. The molecule has 0 saturated carbocycles. The standard InChI is InChI=1S/C15H25NO.ClH/c1-10(2)5-8-14(17)15(16)13-7-6-11(3)9-12(13)4;/h6-7,9-10,14-15,17H,5,8,16H2,1-4H3;1H/t14-,15+;/m1./s1. The number of aryl methyl sites for hydroxylation is 2. The fourth-order valence-corrected chi connectivity index (χ4v) is 2.09. The lowest BCUT2D eigenvalue weighted by Gasteiger charge is -2.22. The van der Waals surface area contributed by atoms with Crippen LogP contribution in [0.4, 0.5) is 0 Å². The van der Waals surface area contributed by atoms with E-state index in [4.69, 9.17) is 5.73 Å². The van der Waals surface area contributed by atoms with Crippen molar-refractivity contribution < 1.29 is 5.11 Å². The van der Waals surface area contributed by atoms with E-state index in [1.807, 2.05) is 6.07 Å². The number of hydrogen-bond donors (Lipinski definition) is 2. The summed E-state index contributed by atoms with van der Waals surface area (Å²) < 4.78 is 0. The lowest BCUT2D eigenvalue weighted by atomic mass is 9.92. The topological polar surface area (TPSA) is 46.2 Å². The van der Waals surface area contributed by atoms with Crippen LogP contribution in [-0.2, 0) is 0 Å². The molecule has 0 saturated heterocycles. The first-order chi connectivity index (χ1) is 7.91. The highest BCUT2D eigenvalue weighted by Crippen LogP contribution is 2.23. The minimum atomic E-state index is -0.446. The van der Waals surface area contributed by atoms with Gasteiger partial charge in [0.15, 0.2) is 0 Å². The first-order valence-corrected chi connectivity index (χ1v) is 6.42. The molecule has 0 radical (unpaired) electrons. The summed E-state index contributed by atoms with van der Waals surface area (Å²) in [6.45, 7) is 8.44. The molecule has 2 atom stereocenters. The van der Waals surface area contributed by atoms with Crippen molar-refractivity contribution >= 4 is 12.4 Å². The third-order valence-corrected chi connectivity index (χ3v) is 3.24. The summed E-state index contributed by atoms with van der Waals surface area (Å²) in [5.41, 5.74) is 9.59. The van der Waals surface area contributed by atoms with E-state index in [0.29, 0.717) is 5.92 Å². The third-order valence-electron chi connectivity index (χ3n) is 3.24. The van der Waals surface area contributed by atoms with Crippen molar-refractivity contribution in [2.45, 2.75) is 52.7 Å². The van der Waals surface area contributed by atoms with Gasteiger partial charge in [0.05, 0.1) is 12.1 Å². The minimum Gasteiger partial charge on any atom is -0.391 e. The maximum absolute atomic E-state index is 10.1. The molecule has 18 heavy (non-hydrogen) atoms. The Morgan fingerprint density at radius 3 is 2.28 bits per heavy atom. The summed E-state index contributed by atoms with van der Waals surface area (Å²) in [5.74, 6) is 0.607. The summed E-state index contributed by atoms with van der Waals surface area (Å²) in [5, 5.41) is 10.1. The molecule has 1 aromatic rings. The second-order valence-corrected chi connectivity index (χ2v) is 5.42. The Morgan fingerprint density at radius 1 is 1.17 bits per heavy atom. The molecular formula is C15H26ClNO. The molecule has 104 valence electrons. The van der Waals surface area contributed by atoms with Crippen molar-refractivity contribution in [1.82, 2.24) is 0 Å². The Hall–Kier alpha value is -0.570. The van der Waals surface area contributed by atoms with Gasteiger partial charge in [-0.2, -0.15) is 0 Å². The zero-order valence-corrected chi connectivity index (χ0v) is 12.6. The van der Waals surface area contributed by atoms with Crippen molar-refractivity contribution in [3.8, 4) is 0 Å². The van der Waals surface area contributed by atoms with Crippen LogP contribution in [0.1, 0.15) is 49.4 Å². The highest BCUT2D eigenvalue weighted by Gasteiger charge is 2.18. The zero-order valence-electron chi connectivity index (χ0n) is 11.8. The second-order valence-electron chi connectivity index (χ2n) is 5.42. The van der Waals surface area contributed by atoms with Crippen LogP contribution >= 0.6 is 12.4 Å². The predicted octanol–water partition coefficient (Wildman–Crippen LogP) is 3.52. The molecular weight excluding hydrogens is 246 g/mol. The molecule has 1 rings (SSSR count). The van der Waals surface area contributed by atoms with Crippen LogP contribution in [0.2, 0.25) is 0 Å². The van der Waals surface area contributed by atoms with Crippen molar-refractivity contribution in [2.24, 2.45) is 11.7 Å². The quantitative estimate of drug-likeness (QED) is 0.861. The lowest BCUT2D eigenvalue weighted by Crippen LogP contribution is -2.27. The van der Waals surface area contributed by atoms with Crippen molar-refractivity contribution in [1.29, 1.82) is 0 Å². The van der Waals surface area contributed by atoms with E-state index >= 15 is 0 Å². The summed E-state index contributed by atoms with van der Waals surface area (Å²) in [4.78, 5) is 0. The number of halogens is 1. The van der Waals surface area contributed by atoms with Gasteiger partial charge >= 0.3 is 0 Å². The van der Waals surface area contributed by atoms with E-state index in [1.54, 1.807) is 0 Å². The second kappa shape index (κ2) is 7.78. The van der Waals surface area contributed by atoms with Gasteiger partial charge in [-0.15, -0.1) is 12.4 Å². The molecule has 0 amide bonds. The van der Waals surface area contributed by atoms with E-state index in [0.717, 1.165) is 18.4 Å². The maximum Gasteiger partial charge on any atom is 0.0733 e.